The molecule has 0 radical (unpaired) electrons. The molecular formula is C11H14ClNO6S. The van der Waals surface area contributed by atoms with Crippen molar-refractivity contribution >= 4 is 25.4 Å². The molecule has 9 heteroatoms. The number of hydrogen-bond donors (Lipinski definition) is 0. The number of rotatable bonds is 8. The number of para-hydroxylation sites is 1. The van der Waals surface area contributed by atoms with E-state index >= 15 is 0 Å². The van der Waals surface area contributed by atoms with E-state index in [0.717, 1.165) is 0 Å². The van der Waals surface area contributed by atoms with Crippen LogP contribution >= 0.6 is 10.7 Å². The van der Waals surface area contributed by atoms with Crippen LogP contribution in [0.4, 0.5) is 5.69 Å². The van der Waals surface area contributed by atoms with Crippen molar-refractivity contribution < 1.29 is 22.8 Å². The van der Waals surface area contributed by atoms with E-state index in [1.165, 1.54) is 6.07 Å². The van der Waals surface area contributed by atoms with Gasteiger partial charge in [-0.3, -0.25) is 10.1 Å². The van der Waals surface area contributed by atoms with Crippen LogP contribution in [0.25, 0.3) is 0 Å². The average Bonchev–Trinajstić information content (AvgIpc) is 2.33. The maximum absolute atomic E-state index is 10.8. The predicted octanol–water partition coefficient (Wildman–Crippen LogP) is 1.87. The third-order valence-electron chi connectivity index (χ3n) is 2.33. The summed E-state index contributed by atoms with van der Waals surface area (Å²) < 4.78 is 31.6. The van der Waals surface area contributed by atoms with Crippen LogP contribution in [0.15, 0.2) is 18.2 Å². The molecule has 0 bridgehead atoms. The molecule has 0 saturated heterocycles. The summed E-state index contributed by atoms with van der Waals surface area (Å²) in [6.07, 6.45) is 0. The quantitative estimate of drug-likeness (QED) is 0.313. The lowest BCUT2D eigenvalue weighted by molar-refractivity contribution is -0.385. The number of nitro groups is 1. The molecule has 0 amide bonds. The van der Waals surface area contributed by atoms with Crippen LogP contribution in [-0.4, -0.2) is 38.9 Å². The number of nitro benzene ring substituents is 1. The molecule has 0 aliphatic rings. The van der Waals surface area contributed by atoms with Gasteiger partial charge in [0, 0.05) is 16.7 Å². The zero-order valence-corrected chi connectivity index (χ0v) is 12.3. The molecular weight excluding hydrogens is 310 g/mol. The van der Waals surface area contributed by atoms with E-state index in [1.807, 2.05) is 0 Å². The van der Waals surface area contributed by atoms with E-state index in [-0.39, 0.29) is 37.0 Å². The van der Waals surface area contributed by atoms with Gasteiger partial charge in [0.05, 0.1) is 23.9 Å². The summed E-state index contributed by atoms with van der Waals surface area (Å²) in [5.74, 6) is -0.106. The first-order valence-corrected chi connectivity index (χ1v) is 8.16. The van der Waals surface area contributed by atoms with Gasteiger partial charge in [0.15, 0.2) is 5.75 Å². The van der Waals surface area contributed by atoms with Crippen molar-refractivity contribution in [1.29, 1.82) is 0 Å². The summed E-state index contributed by atoms with van der Waals surface area (Å²) >= 11 is 0. The second-order valence-electron chi connectivity index (χ2n) is 3.88. The summed E-state index contributed by atoms with van der Waals surface area (Å²) in [6, 6.07) is 4.62. The Hall–Kier alpha value is -1.38. The number of benzene rings is 1. The molecule has 1 aromatic rings. The summed E-state index contributed by atoms with van der Waals surface area (Å²) in [7, 11) is 1.43. The SMILES string of the molecule is Cc1cccc([N+](=O)[O-])c1OCCOCCS(=O)(=O)Cl. The predicted molar refractivity (Wildman–Crippen MR) is 73.8 cm³/mol. The molecule has 20 heavy (non-hydrogen) atoms. The van der Waals surface area contributed by atoms with Gasteiger partial charge in [-0.1, -0.05) is 12.1 Å². The van der Waals surface area contributed by atoms with Crippen LogP contribution in [-0.2, 0) is 13.8 Å². The molecule has 0 aromatic heterocycles. The Bertz CT molecular complexity index is 574. The monoisotopic (exact) mass is 323 g/mol. The van der Waals surface area contributed by atoms with Gasteiger partial charge in [-0.05, 0) is 12.5 Å². The first-order valence-electron chi connectivity index (χ1n) is 5.68. The fourth-order valence-corrected chi connectivity index (χ4v) is 1.94. The topological polar surface area (TPSA) is 95.7 Å². The molecule has 1 aromatic carbocycles. The van der Waals surface area contributed by atoms with E-state index in [4.69, 9.17) is 20.2 Å². The minimum absolute atomic E-state index is 0.0505. The first-order chi connectivity index (χ1) is 9.31. The average molecular weight is 324 g/mol. The molecule has 0 saturated carbocycles. The zero-order valence-electron chi connectivity index (χ0n) is 10.7. The van der Waals surface area contributed by atoms with Gasteiger partial charge < -0.3 is 9.47 Å². The molecule has 7 nitrogen and oxygen atoms in total. The molecule has 1 rings (SSSR count). The maximum Gasteiger partial charge on any atom is 0.311 e. The smallest absolute Gasteiger partial charge is 0.311 e. The van der Waals surface area contributed by atoms with Crippen molar-refractivity contribution in [3.8, 4) is 5.75 Å². The number of aryl methyl sites for hydroxylation is 1. The van der Waals surface area contributed by atoms with Crippen molar-refractivity contribution in [2.45, 2.75) is 6.92 Å². The Labute approximate surface area is 121 Å². The van der Waals surface area contributed by atoms with Gasteiger partial charge in [0.2, 0.25) is 9.05 Å². The van der Waals surface area contributed by atoms with Crippen LogP contribution in [0.5, 0.6) is 5.75 Å². The van der Waals surface area contributed by atoms with Gasteiger partial charge in [0.1, 0.15) is 6.61 Å². The molecule has 112 valence electrons. The second kappa shape index (κ2) is 7.41. The number of nitrogens with zero attached hydrogens (tertiary/aromatic N) is 1. The first kappa shape index (κ1) is 16.7. The third kappa shape index (κ3) is 5.72. The Kier molecular flexibility index (Phi) is 6.18. The highest BCUT2D eigenvalue weighted by Crippen LogP contribution is 2.29. The standard InChI is InChI=1S/C11H14ClNO6S/c1-9-3-2-4-10(13(14)15)11(9)19-6-5-18-7-8-20(12,16)17/h2-4H,5-8H2,1H3. The number of hydrogen-bond acceptors (Lipinski definition) is 6. The van der Waals surface area contributed by atoms with Gasteiger partial charge >= 0.3 is 5.69 Å². The fraction of sp³-hybridized carbons (Fsp3) is 0.455. The lowest BCUT2D eigenvalue weighted by Crippen LogP contribution is -2.12. The molecule has 0 unspecified atom stereocenters. The van der Waals surface area contributed by atoms with Crippen LogP contribution < -0.4 is 4.74 Å². The van der Waals surface area contributed by atoms with Crippen molar-refractivity contribution in [1.82, 2.24) is 0 Å². The van der Waals surface area contributed by atoms with Crippen LogP contribution in [0.3, 0.4) is 0 Å². The highest BCUT2D eigenvalue weighted by molar-refractivity contribution is 8.13. The molecule has 0 N–H and O–H groups in total. The summed E-state index contributed by atoms with van der Waals surface area (Å²) in [6.45, 7) is 1.83. The Morgan fingerprint density at radius 2 is 2.00 bits per heavy atom. The summed E-state index contributed by atoms with van der Waals surface area (Å²) in [5, 5.41) is 10.8. The van der Waals surface area contributed by atoms with Gasteiger partial charge in [-0.25, -0.2) is 8.42 Å². The van der Waals surface area contributed by atoms with Gasteiger partial charge in [-0.2, -0.15) is 0 Å². The zero-order chi connectivity index (χ0) is 15.2. The third-order valence-corrected chi connectivity index (χ3v) is 3.45. The lowest BCUT2D eigenvalue weighted by atomic mass is 10.2. The molecule has 0 spiro atoms. The van der Waals surface area contributed by atoms with Crippen LogP contribution in [0, 0.1) is 17.0 Å². The van der Waals surface area contributed by atoms with E-state index in [1.54, 1.807) is 19.1 Å². The highest BCUT2D eigenvalue weighted by Gasteiger charge is 2.16. The number of halogens is 1. The minimum Gasteiger partial charge on any atom is -0.484 e. The van der Waals surface area contributed by atoms with Crippen LogP contribution in [0.1, 0.15) is 5.56 Å². The van der Waals surface area contributed by atoms with E-state index in [2.05, 4.69) is 0 Å². The largest absolute Gasteiger partial charge is 0.484 e. The summed E-state index contributed by atoms with van der Waals surface area (Å²) in [4.78, 5) is 10.3. The molecule has 0 fully saturated rings. The highest BCUT2D eigenvalue weighted by atomic mass is 35.7. The normalized spacial score (nSPS) is 11.3. The summed E-state index contributed by atoms with van der Waals surface area (Å²) in [5.41, 5.74) is 0.524. The van der Waals surface area contributed by atoms with Gasteiger partial charge in [-0.15, -0.1) is 0 Å². The Morgan fingerprint density at radius 1 is 1.30 bits per heavy atom. The van der Waals surface area contributed by atoms with Crippen molar-refractivity contribution in [3.05, 3.63) is 33.9 Å². The van der Waals surface area contributed by atoms with Gasteiger partial charge in [0.25, 0.3) is 0 Å². The lowest BCUT2D eigenvalue weighted by Gasteiger charge is -2.09. The van der Waals surface area contributed by atoms with E-state index < -0.39 is 14.0 Å². The van der Waals surface area contributed by atoms with Crippen molar-refractivity contribution in [3.63, 3.8) is 0 Å². The van der Waals surface area contributed by atoms with E-state index in [9.17, 15) is 18.5 Å². The Morgan fingerprint density at radius 3 is 2.60 bits per heavy atom. The molecule has 0 atom stereocenters. The Balaban J connectivity index is 2.45. The van der Waals surface area contributed by atoms with E-state index in [0.29, 0.717) is 5.56 Å². The minimum atomic E-state index is -3.57. The molecule has 0 aliphatic carbocycles. The van der Waals surface area contributed by atoms with Crippen LogP contribution in [0.2, 0.25) is 0 Å². The van der Waals surface area contributed by atoms with Crippen molar-refractivity contribution in [2.24, 2.45) is 0 Å². The second-order valence-corrected chi connectivity index (χ2v) is 6.78. The number of ether oxygens (including phenoxy) is 2. The van der Waals surface area contributed by atoms with Crippen molar-refractivity contribution in [2.75, 3.05) is 25.6 Å². The molecule has 0 aliphatic heterocycles. The maximum atomic E-state index is 10.8. The fourth-order valence-electron chi connectivity index (χ4n) is 1.43. The molecule has 0 heterocycles.